The molecule has 0 fully saturated rings. The van der Waals surface area contributed by atoms with E-state index in [-0.39, 0.29) is 0 Å². The van der Waals surface area contributed by atoms with Gasteiger partial charge in [0.2, 0.25) is 0 Å². The summed E-state index contributed by atoms with van der Waals surface area (Å²) >= 11 is 1.91. The van der Waals surface area contributed by atoms with E-state index >= 15 is 0 Å². The van der Waals surface area contributed by atoms with Crippen LogP contribution in [0.5, 0.6) is 0 Å². The van der Waals surface area contributed by atoms with E-state index in [1.165, 1.54) is 24.4 Å². The molecule has 1 heterocycles. The zero-order valence-electron chi connectivity index (χ0n) is 9.86. The molecule has 0 aliphatic heterocycles. The Hall–Kier alpha value is -0.480. The zero-order valence-corrected chi connectivity index (χ0v) is 10.7. The highest BCUT2D eigenvalue weighted by molar-refractivity contribution is 7.98. The topological polar surface area (TPSA) is 29.9 Å². The molecule has 0 aliphatic carbocycles. The summed E-state index contributed by atoms with van der Waals surface area (Å²) in [6, 6.07) is 0.620. The third-order valence-electron chi connectivity index (χ3n) is 2.72. The van der Waals surface area contributed by atoms with Crippen molar-refractivity contribution in [2.45, 2.75) is 25.3 Å². The Bertz CT molecular complexity index is 273. The third-order valence-corrected chi connectivity index (χ3v) is 3.36. The van der Waals surface area contributed by atoms with Crippen molar-refractivity contribution in [3.05, 3.63) is 18.2 Å². The Kier molecular flexibility index (Phi) is 5.79. The van der Waals surface area contributed by atoms with Crippen LogP contribution in [0.3, 0.4) is 0 Å². The monoisotopic (exact) mass is 227 g/mol. The predicted molar refractivity (Wildman–Crippen MR) is 67.4 cm³/mol. The van der Waals surface area contributed by atoms with E-state index in [1.807, 2.05) is 31.2 Å². The van der Waals surface area contributed by atoms with Crippen LogP contribution in [0.2, 0.25) is 0 Å². The molecule has 1 N–H and O–H groups in total. The minimum Gasteiger partial charge on any atom is -0.338 e. The largest absolute Gasteiger partial charge is 0.338 e. The lowest BCUT2D eigenvalue weighted by molar-refractivity contribution is 0.502. The van der Waals surface area contributed by atoms with E-state index in [2.05, 4.69) is 28.2 Å². The van der Waals surface area contributed by atoms with E-state index in [0.29, 0.717) is 6.04 Å². The van der Waals surface area contributed by atoms with Crippen molar-refractivity contribution in [2.75, 3.05) is 19.1 Å². The van der Waals surface area contributed by atoms with Crippen LogP contribution in [0, 0.1) is 0 Å². The van der Waals surface area contributed by atoms with Crippen molar-refractivity contribution in [2.24, 2.45) is 7.05 Å². The van der Waals surface area contributed by atoms with E-state index in [9.17, 15) is 0 Å². The second kappa shape index (κ2) is 6.90. The summed E-state index contributed by atoms with van der Waals surface area (Å²) in [5, 5.41) is 3.37. The quantitative estimate of drug-likeness (QED) is 0.769. The Morgan fingerprint density at radius 1 is 1.53 bits per heavy atom. The van der Waals surface area contributed by atoms with Crippen LogP contribution in [-0.2, 0) is 13.5 Å². The number of hydrogen-bond donors (Lipinski definition) is 1. The molecular weight excluding hydrogens is 206 g/mol. The number of aromatic nitrogens is 2. The van der Waals surface area contributed by atoms with Gasteiger partial charge in [0.25, 0.3) is 0 Å². The van der Waals surface area contributed by atoms with Gasteiger partial charge in [0.15, 0.2) is 0 Å². The van der Waals surface area contributed by atoms with Gasteiger partial charge in [-0.25, -0.2) is 4.98 Å². The molecule has 0 radical (unpaired) electrons. The van der Waals surface area contributed by atoms with Gasteiger partial charge in [-0.15, -0.1) is 0 Å². The highest BCUT2D eigenvalue weighted by atomic mass is 32.2. The zero-order chi connectivity index (χ0) is 11.1. The van der Waals surface area contributed by atoms with E-state index in [0.717, 1.165) is 6.42 Å². The number of hydrogen-bond acceptors (Lipinski definition) is 3. The van der Waals surface area contributed by atoms with Gasteiger partial charge in [-0.05, 0) is 31.9 Å². The molecule has 0 spiro atoms. The lowest BCUT2D eigenvalue weighted by atomic mass is 10.1. The predicted octanol–water partition coefficient (Wildman–Crippen LogP) is 1.69. The van der Waals surface area contributed by atoms with Crippen LogP contribution >= 0.6 is 11.8 Å². The van der Waals surface area contributed by atoms with Crippen LogP contribution in [0.25, 0.3) is 0 Å². The number of rotatable bonds is 7. The molecule has 86 valence electrons. The molecule has 1 aromatic heterocycles. The van der Waals surface area contributed by atoms with Gasteiger partial charge in [-0.1, -0.05) is 0 Å². The van der Waals surface area contributed by atoms with Crippen LogP contribution in [-0.4, -0.2) is 34.6 Å². The first kappa shape index (κ1) is 12.6. The average molecular weight is 227 g/mol. The fraction of sp³-hybridized carbons (Fsp3) is 0.727. The normalized spacial score (nSPS) is 13.0. The van der Waals surface area contributed by atoms with Crippen molar-refractivity contribution in [1.82, 2.24) is 14.9 Å². The fourth-order valence-corrected chi connectivity index (χ4v) is 2.15. The van der Waals surface area contributed by atoms with E-state index < -0.39 is 0 Å². The van der Waals surface area contributed by atoms with Gasteiger partial charge in [-0.2, -0.15) is 11.8 Å². The van der Waals surface area contributed by atoms with Crippen molar-refractivity contribution in [1.29, 1.82) is 0 Å². The molecule has 3 nitrogen and oxygen atoms in total. The molecule has 0 amide bonds. The lowest BCUT2D eigenvalue weighted by Crippen LogP contribution is -2.26. The standard InChI is InChI=1S/C11H21N3S/c1-12-10(6-9-15-3)4-5-11-13-7-8-14(11)2/h7-8,10,12H,4-6,9H2,1-3H3. The number of aryl methyl sites for hydroxylation is 2. The molecule has 1 atom stereocenters. The third kappa shape index (κ3) is 4.26. The van der Waals surface area contributed by atoms with Crippen molar-refractivity contribution in [3.8, 4) is 0 Å². The molecule has 0 saturated carbocycles. The summed E-state index contributed by atoms with van der Waals surface area (Å²) in [6.45, 7) is 0. The van der Waals surface area contributed by atoms with Gasteiger partial charge in [0.1, 0.15) is 5.82 Å². The highest BCUT2D eigenvalue weighted by Crippen LogP contribution is 2.07. The second-order valence-electron chi connectivity index (χ2n) is 3.76. The van der Waals surface area contributed by atoms with Crippen LogP contribution in [0.4, 0.5) is 0 Å². The van der Waals surface area contributed by atoms with Crippen LogP contribution < -0.4 is 5.32 Å². The van der Waals surface area contributed by atoms with Gasteiger partial charge >= 0.3 is 0 Å². The molecule has 0 aliphatic rings. The minimum atomic E-state index is 0.620. The summed E-state index contributed by atoms with van der Waals surface area (Å²) in [5.41, 5.74) is 0. The SMILES string of the molecule is CNC(CCSC)CCc1nccn1C. The summed E-state index contributed by atoms with van der Waals surface area (Å²) in [5.74, 6) is 2.41. The molecule has 1 unspecified atom stereocenters. The molecule has 0 aromatic carbocycles. The molecule has 1 aromatic rings. The van der Waals surface area contributed by atoms with Crippen LogP contribution in [0.15, 0.2) is 12.4 Å². The Labute approximate surface area is 96.7 Å². The maximum absolute atomic E-state index is 4.33. The van der Waals surface area contributed by atoms with Crippen molar-refractivity contribution < 1.29 is 0 Å². The molecule has 0 bridgehead atoms. The second-order valence-corrected chi connectivity index (χ2v) is 4.75. The molecule has 4 heteroatoms. The number of thioether (sulfide) groups is 1. The molecule has 1 rings (SSSR count). The lowest BCUT2D eigenvalue weighted by Gasteiger charge is -2.15. The van der Waals surface area contributed by atoms with Crippen LogP contribution in [0.1, 0.15) is 18.7 Å². The maximum Gasteiger partial charge on any atom is 0.108 e. The van der Waals surface area contributed by atoms with Gasteiger partial charge in [0, 0.05) is 31.9 Å². The first-order chi connectivity index (χ1) is 7.27. The van der Waals surface area contributed by atoms with Crippen molar-refractivity contribution >= 4 is 11.8 Å². The Morgan fingerprint density at radius 2 is 2.33 bits per heavy atom. The van der Waals surface area contributed by atoms with E-state index in [1.54, 1.807) is 0 Å². The Balaban J connectivity index is 2.31. The Morgan fingerprint density at radius 3 is 2.87 bits per heavy atom. The van der Waals surface area contributed by atoms with Crippen molar-refractivity contribution in [3.63, 3.8) is 0 Å². The first-order valence-corrected chi connectivity index (χ1v) is 6.79. The molecular formula is C11H21N3S. The maximum atomic E-state index is 4.33. The summed E-state index contributed by atoms with van der Waals surface area (Å²) in [6.07, 6.45) is 9.50. The number of nitrogens with one attached hydrogen (secondary N) is 1. The van der Waals surface area contributed by atoms with E-state index in [4.69, 9.17) is 0 Å². The van der Waals surface area contributed by atoms with Gasteiger partial charge < -0.3 is 9.88 Å². The summed E-state index contributed by atoms with van der Waals surface area (Å²) < 4.78 is 2.10. The smallest absolute Gasteiger partial charge is 0.108 e. The first-order valence-electron chi connectivity index (χ1n) is 5.40. The van der Waals surface area contributed by atoms with Gasteiger partial charge in [0.05, 0.1) is 0 Å². The minimum absolute atomic E-state index is 0.620. The average Bonchev–Trinajstić information content (AvgIpc) is 2.65. The fourth-order valence-electron chi connectivity index (χ4n) is 1.63. The highest BCUT2D eigenvalue weighted by Gasteiger charge is 2.07. The summed E-state index contributed by atoms with van der Waals surface area (Å²) in [7, 11) is 4.10. The number of imidazole rings is 1. The number of nitrogens with zero attached hydrogens (tertiary/aromatic N) is 2. The molecule has 15 heavy (non-hydrogen) atoms. The van der Waals surface area contributed by atoms with Gasteiger partial charge in [-0.3, -0.25) is 0 Å². The summed E-state index contributed by atoms with van der Waals surface area (Å²) in [4.78, 5) is 4.33. The molecule has 0 saturated heterocycles.